The van der Waals surface area contributed by atoms with Gasteiger partial charge in [-0.05, 0) is 19.1 Å². The molecule has 0 bridgehead atoms. The standard InChI is InChI=1S/C14H16F4N2O/c1-10-2-3-12(15)11(8-10)13(21)20-6-4-19(5-7-20)9-14(16,17)18/h2-3,8H,4-7,9H2,1H3. The predicted molar refractivity (Wildman–Crippen MR) is 69.5 cm³/mol. The fourth-order valence-corrected chi connectivity index (χ4v) is 2.34. The van der Waals surface area contributed by atoms with Crippen LogP contribution in [0.15, 0.2) is 18.2 Å². The van der Waals surface area contributed by atoms with Gasteiger partial charge in [0.1, 0.15) is 5.82 Å². The Labute approximate surface area is 120 Å². The van der Waals surface area contributed by atoms with E-state index in [2.05, 4.69) is 0 Å². The van der Waals surface area contributed by atoms with Crippen molar-refractivity contribution in [3.05, 3.63) is 35.1 Å². The Kier molecular flexibility index (Phi) is 4.51. The molecular formula is C14H16F4N2O. The molecule has 0 unspecified atom stereocenters. The van der Waals surface area contributed by atoms with Crippen LogP contribution in [-0.2, 0) is 0 Å². The van der Waals surface area contributed by atoms with Gasteiger partial charge < -0.3 is 4.90 Å². The number of alkyl halides is 3. The lowest BCUT2D eigenvalue weighted by Gasteiger charge is -2.35. The van der Waals surface area contributed by atoms with E-state index in [1.165, 1.54) is 21.9 Å². The van der Waals surface area contributed by atoms with E-state index in [-0.39, 0.29) is 31.7 Å². The first kappa shape index (κ1) is 15.8. The van der Waals surface area contributed by atoms with Gasteiger partial charge in [0.2, 0.25) is 0 Å². The van der Waals surface area contributed by atoms with Crippen LogP contribution in [0, 0.1) is 12.7 Å². The molecule has 1 heterocycles. The highest BCUT2D eigenvalue weighted by molar-refractivity contribution is 5.94. The molecule has 0 saturated carbocycles. The molecule has 1 saturated heterocycles. The Morgan fingerprint density at radius 3 is 2.38 bits per heavy atom. The molecule has 7 heteroatoms. The van der Waals surface area contributed by atoms with Crippen molar-refractivity contribution in [2.24, 2.45) is 0 Å². The smallest absolute Gasteiger partial charge is 0.336 e. The average molecular weight is 304 g/mol. The van der Waals surface area contributed by atoms with E-state index in [1.807, 2.05) is 0 Å². The van der Waals surface area contributed by atoms with Crippen molar-refractivity contribution in [3.8, 4) is 0 Å². The van der Waals surface area contributed by atoms with E-state index in [9.17, 15) is 22.4 Å². The Bertz CT molecular complexity index is 522. The lowest BCUT2D eigenvalue weighted by Crippen LogP contribution is -2.51. The fraction of sp³-hybridized carbons (Fsp3) is 0.500. The number of carbonyl (C=O) groups is 1. The molecule has 0 atom stereocenters. The van der Waals surface area contributed by atoms with Crippen LogP contribution in [0.5, 0.6) is 0 Å². The quantitative estimate of drug-likeness (QED) is 0.784. The normalized spacial score (nSPS) is 17.1. The number of rotatable bonds is 2. The van der Waals surface area contributed by atoms with Crippen LogP contribution in [0.1, 0.15) is 15.9 Å². The van der Waals surface area contributed by atoms with Crippen molar-refractivity contribution in [1.82, 2.24) is 9.80 Å². The minimum atomic E-state index is -4.24. The molecule has 1 aliphatic rings. The van der Waals surface area contributed by atoms with Crippen molar-refractivity contribution in [3.63, 3.8) is 0 Å². The Morgan fingerprint density at radius 1 is 1.19 bits per heavy atom. The maximum Gasteiger partial charge on any atom is 0.401 e. The SMILES string of the molecule is Cc1ccc(F)c(C(=O)N2CCN(CC(F)(F)F)CC2)c1. The summed E-state index contributed by atoms with van der Waals surface area (Å²) in [6.07, 6.45) is -4.24. The van der Waals surface area contributed by atoms with Gasteiger partial charge in [-0.2, -0.15) is 13.2 Å². The van der Waals surface area contributed by atoms with Crippen LogP contribution in [0.25, 0.3) is 0 Å². The molecular weight excluding hydrogens is 288 g/mol. The van der Waals surface area contributed by atoms with Gasteiger partial charge in [-0.15, -0.1) is 0 Å². The van der Waals surface area contributed by atoms with E-state index < -0.39 is 24.4 Å². The van der Waals surface area contributed by atoms with Crippen LogP contribution < -0.4 is 0 Å². The number of amides is 1. The largest absolute Gasteiger partial charge is 0.401 e. The van der Waals surface area contributed by atoms with Crippen LogP contribution in [0.4, 0.5) is 17.6 Å². The highest BCUT2D eigenvalue weighted by Gasteiger charge is 2.33. The molecule has 2 rings (SSSR count). The highest BCUT2D eigenvalue weighted by Crippen LogP contribution is 2.19. The molecule has 1 amide bonds. The third kappa shape index (κ3) is 4.17. The molecule has 0 aromatic heterocycles. The Balaban J connectivity index is 1.99. The van der Waals surface area contributed by atoms with Crippen LogP contribution >= 0.6 is 0 Å². The monoisotopic (exact) mass is 304 g/mol. The first-order valence-electron chi connectivity index (χ1n) is 6.61. The minimum absolute atomic E-state index is 0.0285. The zero-order valence-corrected chi connectivity index (χ0v) is 11.6. The lowest BCUT2D eigenvalue weighted by molar-refractivity contribution is -0.148. The molecule has 1 aliphatic heterocycles. The number of hydrogen-bond donors (Lipinski definition) is 0. The maximum absolute atomic E-state index is 13.7. The zero-order valence-electron chi connectivity index (χ0n) is 11.6. The highest BCUT2D eigenvalue weighted by atomic mass is 19.4. The second kappa shape index (κ2) is 6.01. The molecule has 1 aromatic rings. The summed E-state index contributed by atoms with van der Waals surface area (Å²) in [5.74, 6) is -1.08. The number of hydrogen-bond acceptors (Lipinski definition) is 2. The summed E-state index contributed by atoms with van der Waals surface area (Å²) in [5.41, 5.74) is 0.731. The molecule has 1 aromatic carbocycles. The first-order valence-corrected chi connectivity index (χ1v) is 6.61. The van der Waals surface area contributed by atoms with Crippen molar-refractivity contribution < 1.29 is 22.4 Å². The summed E-state index contributed by atoms with van der Waals surface area (Å²) in [5, 5.41) is 0. The maximum atomic E-state index is 13.7. The number of nitrogens with zero attached hydrogens (tertiary/aromatic N) is 2. The summed E-state index contributed by atoms with van der Waals surface area (Å²) in [4.78, 5) is 14.8. The van der Waals surface area contributed by atoms with E-state index in [4.69, 9.17) is 0 Å². The van der Waals surface area contributed by atoms with Crippen molar-refractivity contribution in [2.75, 3.05) is 32.7 Å². The van der Waals surface area contributed by atoms with Gasteiger partial charge in [-0.3, -0.25) is 9.69 Å². The topological polar surface area (TPSA) is 23.6 Å². The average Bonchev–Trinajstić information content (AvgIpc) is 2.40. The first-order chi connectivity index (χ1) is 9.76. The molecule has 21 heavy (non-hydrogen) atoms. The van der Waals surface area contributed by atoms with Crippen LogP contribution in [0.3, 0.4) is 0 Å². The second-order valence-electron chi connectivity index (χ2n) is 5.17. The van der Waals surface area contributed by atoms with E-state index in [0.29, 0.717) is 0 Å². The van der Waals surface area contributed by atoms with Crippen molar-refractivity contribution in [2.45, 2.75) is 13.1 Å². The van der Waals surface area contributed by atoms with Crippen LogP contribution in [-0.4, -0.2) is 54.6 Å². The molecule has 0 N–H and O–H groups in total. The molecule has 1 fully saturated rings. The van der Waals surface area contributed by atoms with Gasteiger partial charge >= 0.3 is 6.18 Å². The molecule has 0 aliphatic carbocycles. The van der Waals surface area contributed by atoms with Crippen LogP contribution in [0.2, 0.25) is 0 Å². The molecule has 0 spiro atoms. The number of benzene rings is 1. The lowest BCUT2D eigenvalue weighted by atomic mass is 10.1. The molecule has 0 radical (unpaired) electrons. The number of halogens is 4. The minimum Gasteiger partial charge on any atom is -0.336 e. The van der Waals surface area contributed by atoms with Gasteiger partial charge in [0, 0.05) is 26.2 Å². The van der Waals surface area contributed by atoms with Gasteiger partial charge in [0.15, 0.2) is 0 Å². The fourth-order valence-electron chi connectivity index (χ4n) is 2.34. The Morgan fingerprint density at radius 2 is 1.81 bits per heavy atom. The van der Waals surface area contributed by atoms with Gasteiger partial charge in [0.05, 0.1) is 12.1 Å². The van der Waals surface area contributed by atoms with E-state index in [0.717, 1.165) is 5.56 Å². The van der Waals surface area contributed by atoms with Crippen molar-refractivity contribution >= 4 is 5.91 Å². The molecule has 3 nitrogen and oxygen atoms in total. The second-order valence-corrected chi connectivity index (χ2v) is 5.17. The predicted octanol–water partition coefficient (Wildman–Crippen LogP) is 2.45. The number of carbonyl (C=O) groups excluding carboxylic acids is 1. The third-order valence-electron chi connectivity index (χ3n) is 3.41. The summed E-state index contributed by atoms with van der Waals surface area (Å²) < 4.78 is 50.5. The summed E-state index contributed by atoms with van der Waals surface area (Å²) in [7, 11) is 0. The molecule has 116 valence electrons. The Hall–Kier alpha value is -1.63. The third-order valence-corrected chi connectivity index (χ3v) is 3.41. The van der Waals surface area contributed by atoms with Gasteiger partial charge in [-0.1, -0.05) is 11.6 Å². The summed E-state index contributed by atoms with van der Waals surface area (Å²) in [6.45, 7) is 1.38. The summed E-state index contributed by atoms with van der Waals surface area (Å²) >= 11 is 0. The number of aryl methyl sites for hydroxylation is 1. The van der Waals surface area contributed by atoms with E-state index >= 15 is 0 Å². The zero-order chi connectivity index (χ0) is 15.6. The number of piperazine rings is 1. The van der Waals surface area contributed by atoms with E-state index in [1.54, 1.807) is 13.0 Å². The van der Waals surface area contributed by atoms with Gasteiger partial charge in [-0.25, -0.2) is 4.39 Å². The van der Waals surface area contributed by atoms with Crippen molar-refractivity contribution in [1.29, 1.82) is 0 Å². The van der Waals surface area contributed by atoms with Gasteiger partial charge in [0.25, 0.3) is 5.91 Å². The summed E-state index contributed by atoms with van der Waals surface area (Å²) in [6, 6.07) is 4.25.